The Balaban J connectivity index is 1.94. The second-order valence-corrected chi connectivity index (χ2v) is 9.08. The Morgan fingerprint density at radius 3 is 2.77 bits per heavy atom. The van der Waals surface area contributed by atoms with E-state index in [4.69, 9.17) is 23.2 Å². The van der Waals surface area contributed by atoms with Gasteiger partial charge in [0.15, 0.2) is 11.6 Å². The Bertz CT molecular complexity index is 947. The number of nitrogens with zero attached hydrogens (tertiary/aromatic N) is 5. The molecule has 1 fully saturated rings. The van der Waals surface area contributed by atoms with Crippen molar-refractivity contribution in [1.29, 1.82) is 0 Å². The number of nitrogens with one attached hydrogen (secondary N) is 2. The Kier molecular flexibility index (Phi) is 6.71. The van der Waals surface area contributed by atoms with E-state index in [1.807, 2.05) is 25.7 Å². The molecule has 2 aromatic rings. The van der Waals surface area contributed by atoms with Crippen LogP contribution in [-0.2, 0) is 11.3 Å². The fraction of sp³-hybridized carbons (Fsp3) is 0.500. The lowest BCUT2D eigenvalue weighted by atomic mass is 10.1. The normalized spacial score (nSPS) is 16.3. The zero-order valence-corrected chi connectivity index (χ0v) is 19.1. The third-order valence-electron chi connectivity index (χ3n) is 4.71. The van der Waals surface area contributed by atoms with Crippen molar-refractivity contribution < 1.29 is 4.79 Å². The Morgan fingerprint density at radius 1 is 1.39 bits per heavy atom. The summed E-state index contributed by atoms with van der Waals surface area (Å²) in [6, 6.07) is 3.55. The lowest BCUT2D eigenvalue weighted by Crippen LogP contribution is -2.37. The van der Waals surface area contributed by atoms with E-state index in [0.717, 1.165) is 6.42 Å². The number of hydrogen-bond acceptors (Lipinski definition) is 9. The smallest absolute Gasteiger partial charge is 0.227 e. The van der Waals surface area contributed by atoms with Crippen molar-refractivity contribution in [2.45, 2.75) is 52.2 Å². The first kappa shape index (κ1) is 22.8. The Morgan fingerprint density at radius 2 is 2.13 bits per heavy atom. The molecule has 1 aliphatic heterocycles. The lowest BCUT2D eigenvalue weighted by molar-refractivity contribution is -0.119. The minimum absolute atomic E-state index is 0.0376. The highest BCUT2D eigenvalue weighted by molar-refractivity contribution is 6.31. The van der Waals surface area contributed by atoms with Crippen molar-refractivity contribution >= 4 is 40.8 Å². The number of hydrogen-bond donors (Lipinski definition) is 4. The topological polar surface area (TPSA) is 138 Å². The van der Waals surface area contributed by atoms with Crippen molar-refractivity contribution in [1.82, 2.24) is 20.3 Å². The van der Waals surface area contributed by atoms with Crippen molar-refractivity contribution in [3.8, 4) is 0 Å². The van der Waals surface area contributed by atoms with Crippen LogP contribution in [-0.4, -0.2) is 45.5 Å². The van der Waals surface area contributed by atoms with Crippen LogP contribution in [0.2, 0.25) is 5.02 Å². The van der Waals surface area contributed by atoms with Crippen LogP contribution in [0.5, 0.6) is 0 Å². The van der Waals surface area contributed by atoms with Crippen LogP contribution in [0, 0.1) is 0 Å². The predicted molar refractivity (Wildman–Crippen MR) is 124 cm³/mol. The molecule has 10 nitrogen and oxygen atoms in total. The number of carbonyl (C=O) groups is 1. The minimum Gasteiger partial charge on any atom is -0.393 e. The summed E-state index contributed by atoms with van der Waals surface area (Å²) in [6.45, 7) is 9.10. The fourth-order valence-corrected chi connectivity index (χ4v) is 3.61. The fourth-order valence-electron chi connectivity index (χ4n) is 3.43. The molecule has 0 bridgehead atoms. The zero-order valence-electron chi connectivity index (χ0n) is 18.3. The number of anilines is 4. The monoisotopic (exact) mass is 447 g/mol. The number of aromatic nitrogens is 3. The van der Waals surface area contributed by atoms with Crippen LogP contribution in [0.4, 0.5) is 23.3 Å². The first-order chi connectivity index (χ1) is 14.5. The quantitative estimate of drug-likeness (QED) is 0.386. The summed E-state index contributed by atoms with van der Waals surface area (Å²) in [5, 5.41) is 8.17. The molecule has 168 valence electrons. The van der Waals surface area contributed by atoms with Gasteiger partial charge in [-0.1, -0.05) is 11.6 Å². The van der Waals surface area contributed by atoms with Crippen molar-refractivity contribution in [3.63, 3.8) is 0 Å². The van der Waals surface area contributed by atoms with Crippen molar-refractivity contribution in [3.05, 3.63) is 29.0 Å². The number of amides is 1. The van der Waals surface area contributed by atoms with E-state index in [2.05, 4.69) is 25.6 Å². The summed E-state index contributed by atoms with van der Waals surface area (Å²) >= 11 is 6.24. The van der Waals surface area contributed by atoms with Gasteiger partial charge in [0.05, 0.1) is 17.3 Å². The molecule has 0 unspecified atom stereocenters. The van der Waals surface area contributed by atoms with Gasteiger partial charge < -0.3 is 21.3 Å². The lowest BCUT2D eigenvalue weighted by Gasteiger charge is -2.27. The highest BCUT2D eigenvalue weighted by Crippen LogP contribution is 2.33. The maximum atomic E-state index is 11.4. The van der Waals surface area contributed by atoms with Gasteiger partial charge in [-0.15, -0.1) is 0 Å². The highest BCUT2D eigenvalue weighted by atomic mass is 35.5. The highest BCUT2D eigenvalue weighted by Gasteiger charge is 2.28. The van der Waals surface area contributed by atoms with Crippen LogP contribution in [0.1, 0.15) is 39.8 Å². The van der Waals surface area contributed by atoms with Crippen LogP contribution in [0.3, 0.4) is 0 Å². The number of carbonyl (C=O) groups excluding carboxylic acids is 1. The van der Waals surface area contributed by atoms with Crippen LogP contribution >= 0.6 is 11.6 Å². The van der Waals surface area contributed by atoms with Gasteiger partial charge in [0.1, 0.15) is 5.69 Å². The Hall–Kier alpha value is -2.85. The van der Waals surface area contributed by atoms with Crippen LogP contribution < -0.4 is 32.1 Å². The van der Waals surface area contributed by atoms with Crippen LogP contribution in [0.25, 0.3) is 0 Å². The molecule has 6 N–H and O–H groups in total. The molecular formula is C20H30ClN9O. The van der Waals surface area contributed by atoms with Gasteiger partial charge in [-0.3, -0.25) is 14.8 Å². The summed E-state index contributed by atoms with van der Waals surface area (Å²) in [6.07, 6.45) is 2.46. The molecule has 0 aromatic carbocycles. The number of rotatable bonds is 6. The zero-order chi connectivity index (χ0) is 22.8. The van der Waals surface area contributed by atoms with Crippen LogP contribution in [0.15, 0.2) is 18.3 Å². The maximum Gasteiger partial charge on any atom is 0.227 e. The van der Waals surface area contributed by atoms with Gasteiger partial charge in [0, 0.05) is 37.8 Å². The van der Waals surface area contributed by atoms with E-state index in [0.29, 0.717) is 47.1 Å². The second-order valence-electron chi connectivity index (χ2n) is 8.68. The molecule has 11 heteroatoms. The average Bonchev–Trinajstić information content (AvgIpc) is 3.11. The standard InChI is InChI=1S/C20H30ClN9O/c1-12(31)25-13-7-9-29(10-13)17-16(22)18(27-19(26-17)28-20(2,3)4)30(23)11-15-14(21)6-5-8-24-15/h5-6,8,13H,7,9-11,22-23H2,1-4H3,(H,25,31)(H,26,27,28)/t13-/m0/s1. The van der Waals surface area contributed by atoms with Crippen molar-refractivity contribution in [2.24, 2.45) is 5.84 Å². The van der Waals surface area contributed by atoms with Gasteiger partial charge in [-0.25, -0.2) is 5.84 Å². The van der Waals surface area contributed by atoms with Gasteiger partial charge >= 0.3 is 0 Å². The van der Waals surface area contributed by atoms with E-state index in [-0.39, 0.29) is 24.0 Å². The number of halogens is 1. The second kappa shape index (κ2) is 9.11. The van der Waals surface area contributed by atoms with E-state index >= 15 is 0 Å². The Labute approximate surface area is 187 Å². The molecule has 31 heavy (non-hydrogen) atoms. The van der Waals surface area contributed by atoms with Gasteiger partial charge in [-0.2, -0.15) is 9.97 Å². The summed E-state index contributed by atoms with van der Waals surface area (Å²) in [4.78, 5) is 27.0. The van der Waals surface area contributed by atoms with E-state index < -0.39 is 0 Å². The molecule has 2 aromatic heterocycles. The molecule has 0 aliphatic carbocycles. The summed E-state index contributed by atoms with van der Waals surface area (Å²) in [7, 11) is 0. The molecule has 0 saturated carbocycles. The largest absolute Gasteiger partial charge is 0.393 e. The van der Waals surface area contributed by atoms with E-state index in [1.54, 1.807) is 18.3 Å². The summed E-state index contributed by atoms with van der Waals surface area (Å²) < 4.78 is 0. The SMILES string of the molecule is CC(=O)N[C@H]1CCN(c2nc(NC(C)(C)C)nc(N(N)Cc3ncccc3Cl)c2N)C1. The predicted octanol–water partition coefficient (Wildman–Crippen LogP) is 1.91. The third kappa shape index (κ3) is 5.86. The number of hydrazine groups is 1. The molecule has 1 atom stereocenters. The first-order valence-corrected chi connectivity index (χ1v) is 10.5. The maximum absolute atomic E-state index is 11.4. The molecule has 3 rings (SSSR count). The number of nitrogen functional groups attached to an aromatic ring is 1. The molecule has 0 spiro atoms. The number of pyridine rings is 1. The van der Waals surface area contributed by atoms with E-state index in [1.165, 1.54) is 11.9 Å². The average molecular weight is 448 g/mol. The first-order valence-electron chi connectivity index (χ1n) is 10.1. The van der Waals surface area contributed by atoms with Crippen molar-refractivity contribution in [2.75, 3.05) is 34.0 Å². The summed E-state index contributed by atoms with van der Waals surface area (Å²) in [5.74, 6) is 7.66. The molecular weight excluding hydrogens is 418 g/mol. The van der Waals surface area contributed by atoms with E-state index in [9.17, 15) is 4.79 Å². The molecule has 0 radical (unpaired) electrons. The van der Waals surface area contributed by atoms with Gasteiger partial charge in [0.2, 0.25) is 11.9 Å². The molecule has 1 saturated heterocycles. The molecule has 1 aliphatic rings. The molecule has 1 amide bonds. The van der Waals surface area contributed by atoms with Gasteiger partial charge in [0.25, 0.3) is 0 Å². The summed E-state index contributed by atoms with van der Waals surface area (Å²) in [5.41, 5.74) is 7.19. The van der Waals surface area contributed by atoms with Gasteiger partial charge in [-0.05, 0) is 39.3 Å². The third-order valence-corrected chi connectivity index (χ3v) is 5.06. The number of nitrogens with two attached hydrogens (primary N) is 2. The molecule has 3 heterocycles. The minimum atomic E-state index is -0.266.